The molecule has 24 heavy (non-hydrogen) atoms. The van der Waals surface area contributed by atoms with Crippen LogP contribution >= 0.6 is 0 Å². The highest BCUT2D eigenvalue weighted by Crippen LogP contribution is 2.38. The summed E-state index contributed by atoms with van der Waals surface area (Å²) < 4.78 is 10.6. The fraction of sp³-hybridized carbons (Fsp3) is 0.700. The molecular weight excluding hydrogens is 302 g/mol. The van der Waals surface area contributed by atoms with Gasteiger partial charge in [-0.25, -0.2) is 0 Å². The number of rotatable bonds is 6. The van der Waals surface area contributed by atoms with Crippen molar-refractivity contribution in [2.24, 2.45) is 11.3 Å². The van der Waals surface area contributed by atoms with Crippen molar-refractivity contribution < 1.29 is 14.6 Å². The lowest BCUT2D eigenvalue weighted by Gasteiger charge is -2.37. The van der Waals surface area contributed by atoms with E-state index in [-0.39, 0.29) is 0 Å². The number of benzene rings is 1. The van der Waals surface area contributed by atoms with Crippen LogP contribution in [0, 0.1) is 11.3 Å². The molecule has 0 spiro atoms. The summed E-state index contributed by atoms with van der Waals surface area (Å²) in [7, 11) is 3.25. The zero-order valence-electron chi connectivity index (χ0n) is 15.8. The number of nitrogens with one attached hydrogen (secondary N) is 1. The van der Waals surface area contributed by atoms with Gasteiger partial charge in [0.2, 0.25) is 0 Å². The molecule has 1 aliphatic rings. The fourth-order valence-corrected chi connectivity index (χ4v) is 3.65. The Balaban J connectivity index is 1.89. The Morgan fingerprint density at radius 1 is 1.12 bits per heavy atom. The normalized spacial score (nSPS) is 22.9. The van der Waals surface area contributed by atoms with E-state index >= 15 is 0 Å². The van der Waals surface area contributed by atoms with Gasteiger partial charge in [-0.3, -0.25) is 0 Å². The molecular formula is C20H33NO3. The Morgan fingerprint density at radius 2 is 1.79 bits per heavy atom. The van der Waals surface area contributed by atoms with Gasteiger partial charge in [-0.15, -0.1) is 0 Å². The standard InChI is InChI=1S/C20H33NO3/c1-20(2,3)14-6-8-15(9-7-14)21-13-18(22)17-12-16(23-4)10-11-19(17)24-5/h10-12,14-15,18,21-22H,6-9,13H2,1-5H3. The number of hydrogen-bond donors (Lipinski definition) is 2. The summed E-state index contributed by atoms with van der Waals surface area (Å²) in [5, 5.41) is 14.1. The first kappa shape index (κ1) is 19.1. The molecule has 1 atom stereocenters. The van der Waals surface area contributed by atoms with Crippen LogP contribution in [0.3, 0.4) is 0 Å². The quantitative estimate of drug-likeness (QED) is 0.827. The van der Waals surface area contributed by atoms with E-state index in [4.69, 9.17) is 9.47 Å². The van der Waals surface area contributed by atoms with E-state index in [2.05, 4.69) is 26.1 Å². The van der Waals surface area contributed by atoms with Gasteiger partial charge in [0.25, 0.3) is 0 Å². The average Bonchev–Trinajstić information content (AvgIpc) is 2.58. The topological polar surface area (TPSA) is 50.7 Å². The van der Waals surface area contributed by atoms with Gasteiger partial charge in [0.1, 0.15) is 11.5 Å². The molecule has 0 amide bonds. The maximum atomic E-state index is 10.6. The summed E-state index contributed by atoms with van der Waals surface area (Å²) in [6.07, 6.45) is 4.29. The molecule has 4 heteroatoms. The van der Waals surface area contributed by atoms with Crippen LogP contribution in [0.5, 0.6) is 11.5 Å². The molecule has 1 saturated carbocycles. The van der Waals surface area contributed by atoms with Gasteiger partial charge in [0.15, 0.2) is 0 Å². The van der Waals surface area contributed by atoms with Crippen LogP contribution in [0.4, 0.5) is 0 Å². The van der Waals surface area contributed by atoms with E-state index < -0.39 is 6.10 Å². The van der Waals surface area contributed by atoms with Gasteiger partial charge in [-0.1, -0.05) is 20.8 Å². The molecule has 0 aliphatic heterocycles. The zero-order chi connectivity index (χ0) is 17.7. The predicted octanol–water partition coefficient (Wildman–Crippen LogP) is 3.93. The second kappa shape index (κ2) is 8.21. The molecule has 1 fully saturated rings. The lowest BCUT2D eigenvalue weighted by molar-refractivity contribution is 0.137. The Bertz CT molecular complexity index is 516. The number of aliphatic hydroxyl groups excluding tert-OH is 1. The van der Waals surface area contributed by atoms with Crippen molar-refractivity contribution in [2.45, 2.75) is 58.6 Å². The van der Waals surface area contributed by atoms with Gasteiger partial charge >= 0.3 is 0 Å². The van der Waals surface area contributed by atoms with Gasteiger partial charge in [-0.05, 0) is 55.2 Å². The monoisotopic (exact) mass is 335 g/mol. The maximum absolute atomic E-state index is 10.6. The first-order chi connectivity index (χ1) is 11.3. The Hall–Kier alpha value is -1.26. The zero-order valence-corrected chi connectivity index (χ0v) is 15.8. The van der Waals surface area contributed by atoms with Gasteiger partial charge in [0.05, 0.1) is 20.3 Å². The maximum Gasteiger partial charge on any atom is 0.124 e. The summed E-state index contributed by atoms with van der Waals surface area (Å²) in [6, 6.07) is 6.03. The van der Waals surface area contributed by atoms with Crippen molar-refractivity contribution in [3.63, 3.8) is 0 Å². The Labute approximate surface area is 146 Å². The van der Waals surface area contributed by atoms with Crippen LogP contribution in [0.25, 0.3) is 0 Å². The molecule has 0 heterocycles. The third-order valence-corrected chi connectivity index (χ3v) is 5.35. The van der Waals surface area contributed by atoms with Gasteiger partial charge < -0.3 is 19.9 Å². The van der Waals surface area contributed by atoms with Crippen molar-refractivity contribution in [3.8, 4) is 11.5 Å². The lowest BCUT2D eigenvalue weighted by atomic mass is 9.71. The third-order valence-electron chi connectivity index (χ3n) is 5.35. The van der Waals surface area contributed by atoms with Crippen LogP contribution in [0.2, 0.25) is 0 Å². The minimum atomic E-state index is -0.601. The summed E-state index contributed by atoms with van der Waals surface area (Å²) in [5.41, 5.74) is 1.17. The van der Waals surface area contributed by atoms with Crippen LogP contribution in [0.1, 0.15) is 58.1 Å². The number of aliphatic hydroxyl groups is 1. The van der Waals surface area contributed by atoms with Gasteiger partial charge in [-0.2, -0.15) is 0 Å². The van der Waals surface area contributed by atoms with Crippen LogP contribution in [0.15, 0.2) is 18.2 Å². The minimum absolute atomic E-state index is 0.401. The molecule has 0 radical (unpaired) electrons. The smallest absolute Gasteiger partial charge is 0.124 e. The van der Waals surface area contributed by atoms with Crippen molar-refractivity contribution in [2.75, 3.05) is 20.8 Å². The molecule has 0 aromatic heterocycles. The largest absolute Gasteiger partial charge is 0.497 e. The van der Waals surface area contributed by atoms with E-state index in [1.807, 2.05) is 18.2 Å². The van der Waals surface area contributed by atoms with Crippen molar-refractivity contribution in [3.05, 3.63) is 23.8 Å². The van der Waals surface area contributed by atoms with Crippen molar-refractivity contribution in [1.82, 2.24) is 5.32 Å². The molecule has 2 N–H and O–H groups in total. The SMILES string of the molecule is COc1ccc(OC)c(C(O)CNC2CCC(C(C)(C)C)CC2)c1. The van der Waals surface area contributed by atoms with E-state index in [1.165, 1.54) is 25.7 Å². The fourth-order valence-electron chi connectivity index (χ4n) is 3.65. The van der Waals surface area contributed by atoms with Crippen LogP contribution in [-0.2, 0) is 0 Å². The first-order valence-corrected chi connectivity index (χ1v) is 8.98. The molecule has 4 nitrogen and oxygen atoms in total. The molecule has 0 saturated heterocycles. The van der Waals surface area contributed by atoms with E-state index in [9.17, 15) is 5.11 Å². The first-order valence-electron chi connectivity index (χ1n) is 8.98. The van der Waals surface area contributed by atoms with Crippen LogP contribution < -0.4 is 14.8 Å². The second-order valence-electron chi connectivity index (χ2n) is 7.95. The average molecular weight is 335 g/mol. The molecule has 136 valence electrons. The van der Waals surface area contributed by atoms with Crippen molar-refractivity contribution >= 4 is 0 Å². The predicted molar refractivity (Wildman–Crippen MR) is 97.7 cm³/mol. The van der Waals surface area contributed by atoms with E-state index in [0.717, 1.165) is 17.2 Å². The lowest BCUT2D eigenvalue weighted by Crippen LogP contribution is -2.38. The highest BCUT2D eigenvalue weighted by molar-refractivity contribution is 5.41. The summed E-state index contributed by atoms with van der Waals surface area (Å²) in [4.78, 5) is 0. The molecule has 1 aliphatic carbocycles. The summed E-state index contributed by atoms with van der Waals surface area (Å²) in [5.74, 6) is 2.23. The van der Waals surface area contributed by atoms with Gasteiger partial charge in [0, 0.05) is 18.2 Å². The highest BCUT2D eigenvalue weighted by Gasteiger charge is 2.29. The molecule has 1 aromatic carbocycles. The highest BCUT2D eigenvalue weighted by atomic mass is 16.5. The number of hydrogen-bond acceptors (Lipinski definition) is 4. The summed E-state index contributed by atoms with van der Waals surface area (Å²) in [6.45, 7) is 7.55. The number of ether oxygens (including phenoxy) is 2. The molecule has 1 aromatic rings. The third kappa shape index (κ3) is 4.87. The van der Waals surface area contributed by atoms with E-state index in [0.29, 0.717) is 23.8 Å². The van der Waals surface area contributed by atoms with Crippen LogP contribution in [-0.4, -0.2) is 31.9 Å². The molecule has 0 bridgehead atoms. The number of methoxy groups -OCH3 is 2. The Morgan fingerprint density at radius 3 is 2.33 bits per heavy atom. The minimum Gasteiger partial charge on any atom is -0.497 e. The molecule has 1 unspecified atom stereocenters. The van der Waals surface area contributed by atoms with Crippen molar-refractivity contribution in [1.29, 1.82) is 0 Å². The summed E-state index contributed by atoms with van der Waals surface area (Å²) >= 11 is 0. The Kier molecular flexibility index (Phi) is 6.53. The second-order valence-corrected chi connectivity index (χ2v) is 7.95. The van der Waals surface area contributed by atoms with E-state index in [1.54, 1.807) is 14.2 Å². The molecule has 2 rings (SSSR count).